The number of nitrogens with zero attached hydrogens (tertiary/aromatic N) is 2. The number of hydrazine groups is 1. The molecule has 0 saturated heterocycles. The Morgan fingerprint density at radius 2 is 1.83 bits per heavy atom. The lowest BCUT2D eigenvalue weighted by Crippen LogP contribution is -2.14. The second-order valence-electron chi connectivity index (χ2n) is 3.36. The van der Waals surface area contributed by atoms with E-state index in [1.54, 1.807) is 12.1 Å². The van der Waals surface area contributed by atoms with Gasteiger partial charge in [0.15, 0.2) is 5.82 Å². The largest absolute Gasteiger partial charge is 0.324 e. The third-order valence-electron chi connectivity index (χ3n) is 2.13. The van der Waals surface area contributed by atoms with Gasteiger partial charge in [-0.15, -0.1) is 0 Å². The average molecular weight is 265 g/mol. The number of rotatable bonds is 4. The molecule has 0 saturated carbocycles. The summed E-state index contributed by atoms with van der Waals surface area (Å²) in [5.74, 6) is 5.36. The maximum absolute atomic E-state index is 12.0. The minimum atomic E-state index is -3.66. The molecular weight excluding hydrogens is 254 g/mol. The highest BCUT2D eigenvalue weighted by Gasteiger charge is 2.14. The Labute approximate surface area is 104 Å². The van der Waals surface area contributed by atoms with Gasteiger partial charge >= 0.3 is 0 Å². The molecule has 2 rings (SSSR count). The summed E-state index contributed by atoms with van der Waals surface area (Å²) in [6.45, 7) is 0. The van der Waals surface area contributed by atoms with Crippen molar-refractivity contribution in [1.82, 2.24) is 9.97 Å². The summed E-state index contributed by atoms with van der Waals surface area (Å²) in [7, 11) is -3.66. The summed E-state index contributed by atoms with van der Waals surface area (Å²) < 4.78 is 26.3. The number of nitrogens with two attached hydrogens (primary N) is 1. The first-order valence-corrected chi connectivity index (χ1v) is 6.45. The van der Waals surface area contributed by atoms with Gasteiger partial charge in [-0.1, -0.05) is 0 Å². The van der Waals surface area contributed by atoms with Gasteiger partial charge in [0.05, 0.1) is 11.1 Å². The van der Waals surface area contributed by atoms with E-state index in [0.29, 0.717) is 5.69 Å². The van der Waals surface area contributed by atoms with Gasteiger partial charge in [-0.05, 0) is 24.3 Å². The second-order valence-corrected chi connectivity index (χ2v) is 5.05. The molecule has 8 heteroatoms. The summed E-state index contributed by atoms with van der Waals surface area (Å²) >= 11 is 0. The smallest absolute Gasteiger partial charge is 0.263 e. The lowest BCUT2D eigenvalue weighted by molar-refractivity contribution is 0.601. The molecule has 0 amide bonds. The number of anilines is 2. The zero-order valence-electron chi connectivity index (χ0n) is 9.24. The quantitative estimate of drug-likeness (QED) is 0.550. The summed E-state index contributed by atoms with van der Waals surface area (Å²) in [5.41, 5.74) is 3.04. The van der Waals surface area contributed by atoms with Gasteiger partial charge in [0.25, 0.3) is 10.0 Å². The number of benzene rings is 1. The normalized spacial score (nSPS) is 10.9. The Kier molecular flexibility index (Phi) is 3.40. The van der Waals surface area contributed by atoms with Gasteiger partial charge in [-0.25, -0.2) is 13.4 Å². The fourth-order valence-corrected chi connectivity index (χ4v) is 2.27. The van der Waals surface area contributed by atoms with Crippen molar-refractivity contribution < 1.29 is 8.42 Å². The third kappa shape index (κ3) is 2.73. The van der Waals surface area contributed by atoms with Gasteiger partial charge in [0, 0.05) is 18.1 Å². The van der Waals surface area contributed by atoms with Crippen LogP contribution in [0.4, 0.5) is 11.5 Å². The van der Waals surface area contributed by atoms with Crippen LogP contribution in [0.15, 0.2) is 47.8 Å². The number of nitrogens with one attached hydrogen (secondary N) is 2. The van der Waals surface area contributed by atoms with E-state index in [0.717, 1.165) is 0 Å². The van der Waals surface area contributed by atoms with Gasteiger partial charge in [0.1, 0.15) is 0 Å². The van der Waals surface area contributed by atoms with Crippen LogP contribution in [0.5, 0.6) is 0 Å². The van der Waals surface area contributed by atoms with Gasteiger partial charge < -0.3 is 5.43 Å². The minimum Gasteiger partial charge on any atom is -0.324 e. The van der Waals surface area contributed by atoms with Crippen molar-refractivity contribution in [2.75, 3.05) is 10.1 Å². The van der Waals surface area contributed by atoms with Gasteiger partial charge in [-0.2, -0.15) is 0 Å². The summed E-state index contributed by atoms with van der Waals surface area (Å²) in [5, 5.41) is 0. The highest BCUT2D eigenvalue weighted by molar-refractivity contribution is 7.92. The first-order chi connectivity index (χ1) is 8.62. The monoisotopic (exact) mass is 265 g/mol. The molecule has 94 valence electrons. The van der Waals surface area contributed by atoms with Crippen LogP contribution in [0.1, 0.15) is 0 Å². The van der Waals surface area contributed by atoms with Crippen molar-refractivity contribution in [2.45, 2.75) is 4.90 Å². The van der Waals surface area contributed by atoms with Crippen LogP contribution in [0.25, 0.3) is 0 Å². The van der Waals surface area contributed by atoms with Crippen LogP contribution >= 0.6 is 0 Å². The minimum absolute atomic E-state index is 0.118. The van der Waals surface area contributed by atoms with Crippen LogP contribution < -0.4 is 16.0 Å². The molecule has 0 fully saturated rings. The van der Waals surface area contributed by atoms with E-state index >= 15 is 0 Å². The fourth-order valence-electron chi connectivity index (χ4n) is 1.28. The van der Waals surface area contributed by atoms with Crippen LogP contribution in [0.2, 0.25) is 0 Å². The Morgan fingerprint density at radius 1 is 1.11 bits per heavy atom. The second kappa shape index (κ2) is 4.98. The average Bonchev–Trinajstić information content (AvgIpc) is 2.39. The lowest BCUT2D eigenvalue weighted by atomic mass is 10.3. The molecular formula is C10H11N5O2S. The standard InChI is InChI=1S/C10H11N5O2S/c11-14-8-1-3-9(4-2-8)18(16,17)15-10-7-12-5-6-13-10/h1-7,14H,11H2,(H,13,15). The summed E-state index contributed by atoms with van der Waals surface area (Å²) in [4.78, 5) is 7.73. The first kappa shape index (κ1) is 12.3. The molecule has 0 aliphatic carbocycles. The zero-order valence-corrected chi connectivity index (χ0v) is 10.1. The highest BCUT2D eigenvalue weighted by atomic mass is 32.2. The van der Waals surface area contributed by atoms with Crippen molar-refractivity contribution in [3.05, 3.63) is 42.9 Å². The predicted molar refractivity (Wildman–Crippen MR) is 67.1 cm³/mol. The van der Waals surface area contributed by atoms with Gasteiger partial charge in [0.2, 0.25) is 0 Å². The summed E-state index contributed by atoms with van der Waals surface area (Å²) in [6.07, 6.45) is 4.19. The molecule has 0 spiro atoms. The number of nitrogen functional groups attached to an aromatic ring is 1. The molecule has 0 bridgehead atoms. The molecule has 18 heavy (non-hydrogen) atoms. The van der Waals surface area contributed by atoms with Gasteiger partial charge in [-0.3, -0.25) is 15.5 Å². The van der Waals surface area contributed by atoms with Crippen molar-refractivity contribution in [2.24, 2.45) is 5.84 Å². The number of hydrogen-bond acceptors (Lipinski definition) is 6. The Balaban J connectivity index is 2.25. The molecule has 0 atom stereocenters. The molecule has 0 unspecified atom stereocenters. The maximum Gasteiger partial charge on any atom is 0.263 e. The maximum atomic E-state index is 12.0. The van der Waals surface area contributed by atoms with E-state index in [1.165, 1.54) is 30.7 Å². The molecule has 1 aromatic heterocycles. The number of aromatic nitrogens is 2. The van der Waals surface area contributed by atoms with Crippen molar-refractivity contribution in [3.8, 4) is 0 Å². The molecule has 7 nitrogen and oxygen atoms in total. The first-order valence-electron chi connectivity index (χ1n) is 4.97. The Morgan fingerprint density at radius 3 is 2.39 bits per heavy atom. The van der Waals surface area contributed by atoms with Crippen LogP contribution in [0, 0.1) is 0 Å². The van der Waals surface area contributed by atoms with Crippen LogP contribution in [-0.4, -0.2) is 18.4 Å². The van der Waals surface area contributed by atoms with Crippen LogP contribution in [-0.2, 0) is 10.0 Å². The van der Waals surface area contributed by atoms with Crippen LogP contribution in [0.3, 0.4) is 0 Å². The molecule has 1 heterocycles. The van der Waals surface area contributed by atoms with E-state index in [2.05, 4.69) is 20.1 Å². The molecule has 4 N–H and O–H groups in total. The molecule has 1 aromatic carbocycles. The van der Waals surface area contributed by atoms with Crippen molar-refractivity contribution in [1.29, 1.82) is 0 Å². The lowest BCUT2D eigenvalue weighted by Gasteiger charge is -2.07. The fraction of sp³-hybridized carbons (Fsp3) is 0. The molecule has 0 aliphatic rings. The molecule has 0 radical (unpaired) electrons. The Hall–Kier alpha value is -2.19. The number of hydrogen-bond donors (Lipinski definition) is 3. The zero-order chi connectivity index (χ0) is 13.0. The molecule has 0 aliphatic heterocycles. The van der Waals surface area contributed by atoms with Crippen molar-refractivity contribution in [3.63, 3.8) is 0 Å². The topological polar surface area (TPSA) is 110 Å². The van der Waals surface area contributed by atoms with Crippen molar-refractivity contribution >= 4 is 21.5 Å². The highest BCUT2D eigenvalue weighted by Crippen LogP contribution is 2.15. The van der Waals surface area contributed by atoms with E-state index < -0.39 is 10.0 Å². The molecule has 2 aromatic rings. The Bertz CT molecular complexity index is 612. The summed E-state index contributed by atoms with van der Waals surface area (Å²) in [6, 6.07) is 6.00. The van der Waals surface area contributed by atoms with E-state index in [1.807, 2.05) is 0 Å². The van der Waals surface area contributed by atoms with E-state index in [4.69, 9.17) is 5.84 Å². The SMILES string of the molecule is NNc1ccc(S(=O)(=O)Nc2cnccn2)cc1. The third-order valence-corrected chi connectivity index (χ3v) is 3.50. The van der Waals surface area contributed by atoms with E-state index in [9.17, 15) is 8.42 Å². The predicted octanol–water partition coefficient (Wildman–Crippen LogP) is 0.563. The number of sulfonamides is 1. The van der Waals surface area contributed by atoms with E-state index in [-0.39, 0.29) is 10.7 Å².